The number of anilines is 1. The van der Waals surface area contributed by atoms with Gasteiger partial charge in [0.1, 0.15) is 0 Å². The summed E-state index contributed by atoms with van der Waals surface area (Å²) in [4.78, 5) is 11.3. The lowest BCUT2D eigenvalue weighted by Crippen LogP contribution is -2.23. The zero-order valence-electron chi connectivity index (χ0n) is 11.0. The number of nitrogens with one attached hydrogen (secondary N) is 1. The largest absolute Gasteiger partial charge is 0.476 e. The van der Waals surface area contributed by atoms with Gasteiger partial charge < -0.3 is 10.4 Å². The van der Waals surface area contributed by atoms with Gasteiger partial charge in [-0.1, -0.05) is 18.2 Å². The summed E-state index contributed by atoms with van der Waals surface area (Å²) in [6.07, 6.45) is 0.456. The third kappa shape index (κ3) is 2.66. The summed E-state index contributed by atoms with van der Waals surface area (Å²) in [5, 5.41) is 20.5. The number of nitrogens with zero attached hydrogens (tertiary/aromatic N) is 2. The van der Waals surface area contributed by atoms with Gasteiger partial charge in [0, 0.05) is 11.4 Å². The highest BCUT2D eigenvalue weighted by Gasteiger charge is 2.29. The molecule has 1 aromatic heterocycles. The van der Waals surface area contributed by atoms with Crippen molar-refractivity contribution in [1.29, 1.82) is 0 Å². The Balaban J connectivity index is 2.07. The molecule has 2 N–H and O–H groups in total. The second-order valence-corrected chi connectivity index (χ2v) is 7.22. The Labute approximate surface area is 120 Å². The Kier molecular flexibility index (Phi) is 3.25. The predicted molar refractivity (Wildman–Crippen MR) is 77.2 cm³/mol. The summed E-state index contributed by atoms with van der Waals surface area (Å²) in [6, 6.07) is 6.71. The fourth-order valence-electron chi connectivity index (χ4n) is 2.46. The van der Waals surface area contributed by atoms with Crippen LogP contribution in [0.4, 0.5) is 5.69 Å². The van der Waals surface area contributed by atoms with Gasteiger partial charge in [0.2, 0.25) is 0 Å². The number of carbonyl (C=O) groups is 1. The number of aromatic nitrogens is 2. The molecule has 0 amide bonds. The van der Waals surface area contributed by atoms with E-state index in [0.29, 0.717) is 23.0 Å². The first-order valence-corrected chi connectivity index (χ1v) is 8.24. The van der Waals surface area contributed by atoms with Crippen LogP contribution in [0.1, 0.15) is 16.9 Å². The maximum Gasteiger partial charge on any atom is 0.358 e. The maximum absolute atomic E-state index is 11.5. The summed E-state index contributed by atoms with van der Waals surface area (Å²) in [5.41, 5.74) is 0.694. The number of hydrogen-bond donors (Lipinski definition) is 2. The lowest BCUT2D eigenvalue weighted by Gasteiger charge is -2.15. The molecule has 0 bridgehead atoms. The van der Waals surface area contributed by atoms with E-state index in [0.717, 1.165) is 0 Å². The molecule has 1 atom stereocenters. The van der Waals surface area contributed by atoms with E-state index in [1.807, 2.05) is 0 Å². The van der Waals surface area contributed by atoms with Crippen molar-refractivity contribution in [3.05, 3.63) is 30.0 Å². The number of carboxylic acids is 1. The molecular formula is C13H13N3O4S. The molecular weight excluding hydrogens is 294 g/mol. The summed E-state index contributed by atoms with van der Waals surface area (Å²) < 4.78 is 23.1. The minimum atomic E-state index is -3.05. The van der Waals surface area contributed by atoms with Gasteiger partial charge in [-0.3, -0.25) is 0 Å². The van der Waals surface area contributed by atoms with Gasteiger partial charge in [-0.15, -0.1) is 10.2 Å². The zero-order chi connectivity index (χ0) is 15.0. The molecule has 1 aliphatic rings. The average Bonchev–Trinajstić information content (AvgIpc) is 2.78. The Bertz CT molecular complexity index is 819. The molecule has 8 heteroatoms. The lowest BCUT2D eigenvalue weighted by atomic mass is 10.1. The smallest absolute Gasteiger partial charge is 0.358 e. The van der Waals surface area contributed by atoms with Gasteiger partial charge in [-0.05, 0) is 12.5 Å². The molecule has 1 saturated heterocycles. The quantitative estimate of drug-likeness (QED) is 0.868. The first-order chi connectivity index (χ1) is 9.96. The van der Waals surface area contributed by atoms with E-state index in [2.05, 4.69) is 15.5 Å². The molecule has 1 aromatic carbocycles. The number of aromatic carboxylic acids is 1. The standard InChI is InChI=1S/C13H13N3O4S/c17-13(18)12-11(14-8-5-6-21(19,20)7-8)9-3-1-2-4-10(9)15-16-12/h1-4,8H,5-7H2,(H,14,15)(H,17,18). The van der Waals surface area contributed by atoms with Crippen molar-refractivity contribution in [1.82, 2.24) is 10.2 Å². The Morgan fingerprint density at radius 3 is 2.71 bits per heavy atom. The van der Waals surface area contributed by atoms with E-state index >= 15 is 0 Å². The monoisotopic (exact) mass is 307 g/mol. The highest BCUT2D eigenvalue weighted by molar-refractivity contribution is 7.91. The van der Waals surface area contributed by atoms with Gasteiger partial charge in [0.15, 0.2) is 15.5 Å². The van der Waals surface area contributed by atoms with Crippen LogP contribution in [-0.2, 0) is 9.84 Å². The number of hydrogen-bond acceptors (Lipinski definition) is 6. The number of sulfone groups is 1. The fraction of sp³-hybridized carbons (Fsp3) is 0.308. The molecule has 0 spiro atoms. The third-order valence-electron chi connectivity index (χ3n) is 3.45. The van der Waals surface area contributed by atoms with Crippen LogP contribution in [-0.4, -0.2) is 47.2 Å². The normalized spacial score (nSPS) is 20.5. The molecule has 21 heavy (non-hydrogen) atoms. The average molecular weight is 307 g/mol. The van der Waals surface area contributed by atoms with Crippen LogP contribution in [0.25, 0.3) is 10.9 Å². The van der Waals surface area contributed by atoms with Crippen molar-refractivity contribution in [2.45, 2.75) is 12.5 Å². The highest BCUT2D eigenvalue weighted by atomic mass is 32.2. The molecule has 0 radical (unpaired) electrons. The second kappa shape index (κ2) is 4.96. The summed E-state index contributed by atoms with van der Waals surface area (Å²) in [6.45, 7) is 0. The SMILES string of the molecule is O=C(O)c1nnc2ccccc2c1NC1CCS(=O)(=O)C1. The number of benzene rings is 1. The van der Waals surface area contributed by atoms with Gasteiger partial charge in [-0.25, -0.2) is 13.2 Å². The summed E-state index contributed by atoms with van der Waals surface area (Å²) >= 11 is 0. The number of carboxylic acid groups (broad SMARTS) is 1. The predicted octanol–water partition coefficient (Wildman–Crippen LogP) is 0.927. The molecule has 110 valence electrons. The van der Waals surface area contributed by atoms with E-state index < -0.39 is 15.8 Å². The molecule has 1 fully saturated rings. The number of rotatable bonds is 3. The van der Waals surface area contributed by atoms with Crippen molar-refractivity contribution < 1.29 is 18.3 Å². The first-order valence-electron chi connectivity index (χ1n) is 6.42. The van der Waals surface area contributed by atoms with Crippen LogP contribution >= 0.6 is 0 Å². The Morgan fingerprint density at radius 1 is 1.29 bits per heavy atom. The molecule has 2 heterocycles. The maximum atomic E-state index is 11.5. The minimum absolute atomic E-state index is 0.00269. The van der Waals surface area contributed by atoms with E-state index in [1.54, 1.807) is 24.3 Å². The zero-order valence-corrected chi connectivity index (χ0v) is 11.8. The van der Waals surface area contributed by atoms with Crippen LogP contribution in [0.5, 0.6) is 0 Å². The molecule has 2 aromatic rings. The van der Waals surface area contributed by atoms with Gasteiger partial charge in [0.05, 0.1) is 22.7 Å². The van der Waals surface area contributed by atoms with Crippen molar-refractivity contribution in [3.63, 3.8) is 0 Å². The van der Waals surface area contributed by atoms with Gasteiger partial charge in [-0.2, -0.15) is 0 Å². The minimum Gasteiger partial charge on any atom is -0.476 e. The van der Waals surface area contributed by atoms with Crippen molar-refractivity contribution in [2.24, 2.45) is 0 Å². The Morgan fingerprint density at radius 2 is 2.05 bits per heavy atom. The highest BCUT2D eigenvalue weighted by Crippen LogP contribution is 2.27. The van der Waals surface area contributed by atoms with Crippen LogP contribution in [0.15, 0.2) is 24.3 Å². The molecule has 3 rings (SSSR count). The van der Waals surface area contributed by atoms with Crippen molar-refractivity contribution >= 4 is 32.4 Å². The van der Waals surface area contributed by atoms with Crippen molar-refractivity contribution in [3.8, 4) is 0 Å². The van der Waals surface area contributed by atoms with Crippen LogP contribution < -0.4 is 5.32 Å². The lowest BCUT2D eigenvalue weighted by molar-refractivity contribution is 0.0690. The van der Waals surface area contributed by atoms with E-state index in [9.17, 15) is 18.3 Å². The fourth-order valence-corrected chi connectivity index (χ4v) is 4.14. The molecule has 1 unspecified atom stereocenters. The topological polar surface area (TPSA) is 109 Å². The van der Waals surface area contributed by atoms with E-state index in [-0.39, 0.29) is 23.2 Å². The van der Waals surface area contributed by atoms with Crippen LogP contribution in [0.3, 0.4) is 0 Å². The van der Waals surface area contributed by atoms with Crippen LogP contribution in [0.2, 0.25) is 0 Å². The second-order valence-electron chi connectivity index (χ2n) is 4.99. The summed E-state index contributed by atoms with van der Waals surface area (Å²) in [5.74, 6) is -1.08. The molecule has 0 saturated carbocycles. The Hall–Kier alpha value is -2.22. The van der Waals surface area contributed by atoms with E-state index in [1.165, 1.54) is 0 Å². The third-order valence-corrected chi connectivity index (χ3v) is 5.22. The summed E-state index contributed by atoms with van der Waals surface area (Å²) in [7, 11) is -3.05. The number of fused-ring (bicyclic) bond motifs is 1. The van der Waals surface area contributed by atoms with Crippen LogP contribution in [0, 0.1) is 0 Å². The van der Waals surface area contributed by atoms with Crippen molar-refractivity contribution in [2.75, 3.05) is 16.8 Å². The molecule has 1 aliphatic heterocycles. The molecule has 0 aliphatic carbocycles. The van der Waals surface area contributed by atoms with Gasteiger partial charge >= 0.3 is 5.97 Å². The van der Waals surface area contributed by atoms with E-state index in [4.69, 9.17) is 0 Å². The first kappa shape index (κ1) is 13.7. The van der Waals surface area contributed by atoms with Gasteiger partial charge in [0.25, 0.3) is 0 Å². The molecule has 7 nitrogen and oxygen atoms in total.